The molecule has 0 aliphatic heterocycles. The van der Waals surface area contributed by atoms with E-state index in [-0.39, 0.29) is 24.7 Å². The van der Waals surface area contributed by atoms with Crippen LogP contribution in [-0.2, 0) is 9.53 Å². The molecule has 2 unspecified atom stereocenters. The summed E-state index contributed by atoms with van der Waals surface area (Å²) in [6.45, 7) is 3.72. The zero-order chi connectivity index (χ0) is 9.56. The summed E-state index contributed by atoms with van der Waals surface area (Å²) in [5.74, 6) is -0.280. The highest BCUT2D eigenvalue weighted by Gasteiger charge is 2.17. The van der Waals surface area contributed by atoms with E-state index in [1.807, 2.05) is 13.8 Å². The predicted molar refractivity (Wildman–Crippen MR) is 45.8 cm³/mol. The van der Waals surface area contributed by atoms with Crippen LogP contribution >= 0.6 is 0 Å². The molecule has 0 bridgehead atoms. The third-order valence-corrected chi connectivity index (χ3v) is 1.65. The summed E-state index contributed by atoms with van der Waals surface area (Å²) in [4.78, 5) is 11.0. The molecule has 0 fully saturated rings. The van der Waals surface area contributed by atoms with Crippen molar-refractivity contribution in [3.63, 3.8) is 0 Å². The standard InChI is InChI=1S/C8H17NO3/c1-4-7(8(11)12-3)9-6(2)5-10/h6-7,9-10H,4-5H2,1-3H3. The van der Waals surface area contributed by atoms with Crippen LogP contribution in [0.15, 0.2) is 0 Å². The van der Waals surface area contributed by atoms with E-state index in [1.165, 1.54) is 7.11 Å². The molecule has 0 saturated carbocycles. The molecule has 4 nitrogen and oxygen atoms in total. The summed E-state index contributed by atoms with van der Waals surface area (Å²) in [5.41, 5.74) is 0. The Bertz CT molecular complexity index is 138. The van der Waals surface area contributed by atoms with Crippen LogP contribution in [-0.4, -0.2) is 36.9 Å². The first-order valence-corrected chi connectivity index (χ1v) is 4.10. The third-order valence-electron chi connectivity index (χ3n) is 1.65. The summed E-state index contributed by atoms with van der Waals surface area (Å²) in [7, 11) is 1.36. The van der Waals surface area contributed by atoms with Crippen LogP contribution in [0.4, 0.5) is 0 Å². The van der Waals surface area contributed by atoms with Crippen molar-refractivity contribution in [1.82, 2.24) is 5.32 Å². The minimum Gasteiger partial charge on any atom is -0.468 e. The van der Waals surface area contributed by atoms with E-state index in [9.17, 15) is 4.79 Å². The molecular formula is C8H17NO3. The summed E-state index contributed by atoms with van der Waals surface area (Å²) in [6.07, 6.45) is 0.664. The molecule has 0 saturated heterocycles. The number of aliphatic hydroxyl groups excluding tert-OH is 1. The Hall–Kier alpha value is -0.610. The molecule has 0 aliphatic carbocycles. The average Bonchev–Trinajstić information content (AvgIpc) is 2.12. The fourth-order valence-electron chi connectivity index (χ4n) is 0.891. The molecule has 0 radical (unpaired) electrons. The number of methoxy groups -OCH3 is 1. The molecule has 0 heterocycles. The molecule has 2 atom stereocenters. The predicted octanol–water partition coefficient (Wildman–Crippen LogP) is -0.0916. The first-order chi connectivity index (χ1) is 5.65. The number of rotatable bonds is 5. The van der Waals surface area contributed by atoms with E-state index < -0.39 is 0 Å². The summed E-state index contributed by atoms with van der Waals surface area (Å²) in [6, 6.07) is -0.383. The largest absolute Gasteiger partial charge is 0.468 e. The van der Waals surface area contributed by atoms with Gasteiger partial charge in [-0.3, -0.25) is 10.1 Å². The number of aliphatic hydroxyl groups is 1. The van der Waals surface area contributed by atoms with Crippen molar-refractivity contribution in [2.45, 2.75) is 32.4 Å². The Balaban J connectivity index is 3.90. The minimum absolute atomic E-state index is 0.0213. The number of carbonyl (C=O) groups is 1. The lowest BCUT2D eigenvalue weighted by molar-refractivity contribution is -0.143. The first kappa shape index (κ1) is 11.4. The molecule has 0 spiro atoms. The number of carbonyl (C=O) groups excluding carboxylic acids is 1. The van der Waals surface area contributed by atoms with E-state index in [0.717, 1.165) is 0 Å². The van der Waals surface area contributed by atoms with Gasteiger partial charge in [0.25, 0.3) is 0 Å². The second kappa shape index (κ2) is 5.97. The van der Waals surface area contributed by atoms with Crippen molar-refractivity contribution in [3.05, 3.63) is 0 Å². The molecular weight excluding hydrogens is 158 g/mol. The lowest BCUT2D eigenvalue weighted by Crippen LogP contribution is -2.43. The Morgan fingerprint density at radius 3 is 2.58 bits per heavy atom. The Morgan fingerprint density at radius 2 is 2.25 bits per heavy atom. The van der Waals surface area contributed by atoms with Gasteiger partial charge < -0.3 is 9.84 Å². The fraction of sp³-hybridized carbons (Fsp3) is 0.875. The van der Waals surface area contributed by atoms with Gasteiger partial charge in [0.15, 0.2) is 0 Å². The molecule has 0 aromatic carbocycles. The number of ether oxygens (including phenoxy) is 1. The van der Waals surface area contributed by atoms with Crippen LogP contribution in [0, 0.1) is 0 Å². The number of hydrogen-bond donors (Lipinski definition) is 2. The molecule has 72 valence electrons. The van der Waals surface area contributed by atoms with Crippen LogP contribution in [0.3, 0.4) is 0 Å². The van der Waals surface area contributed by atoms with E-state index in [2.05, 4.69) is 10.1 Å². The number of nitrogens with one attached hydrogen (secondary N) is 1. The molecule has 0 aliphatic rings. The summed E-state index contributed by atoms with van der Waals surface area (Å²) in [5, 5.41) is 11.7. The second-order valence-corrected chi connectivity index (χ2v) is 2.73. The van der Waals surface area contributed by atoms with E-state index >= 15 is 0 Å². The molecule has 0 rings (SSSR count). The molecule has 0 amide bonds. The molecule has 0 aromatic rings. The third kappa shape index (κ3) is 3.69. The monoisotopic (exact) mass is 175 g/mol. The van der Waals surface area contributed by atoms with Gasteiger partial charge in [0.1, 0.15) is 6.04 Å². The first-order valence-electron chi connectivity index (χ1n) is 4.10. The van der Waals surface area contributed by atoms with Crippen LogP contribution in [0.5, 0.6) is 0 Å². The van der Waals surface area contributed by atoms with E-state index in [1.54, 1.807) is 0 Å². The van der Waals surface area contributed by atoms with Gasteiger partial charge in [0, 0.05) is 6.04 Å². The van der Waals surface area contributed by atoms with E-state index in [4.69, 9.17) is 5.11 Å². The van der Waals surface area contributed by atoms with E-state index in [0.29, 0.717) is 6.42 Å². The van der Waals surface area contributed by atoms with Gasteiger partial charge in [-0.15, -0.1) is 0 Å². The molecule has 4 heteroatoms. The average molecular weight is 175 g/mol. The van der Waals surface area contributed by atoms with Crippen LogP contribution in [0.1, 0.15) is 20.3 Å². The zero-order valence-electron chi connectivity index (χ0n) is 7.83. The van der Waals surface area contributed by atoms with Crippen molar-refractivity contribution in [2.24, 2.45) is 0 Å². The smallest absolute Gasteiger partial charge is 0.322 e. The maximum absolute atomic E-state index is 11.0. The lowest BCUT2D eigenvalue weighted by atomic mass is 10.2. The summed E-state index contributed by atoms with van der Waals surface area (Å²) < 4.78 is 4.57. The quantitative estimate of drug-likeness (QED) is 0.573. The van der Waals surface area contributed by atoms with Crippen molar-refractivity contribution >= 4 is 5.97 Å². The molecule has 0 aromatic heterocycles. The fourth-order valence-corrected chi connectivity index (χ4v) is 0.891. The summed E-state index contributed by atoms with van der Waals surface area (Å²) >= 11 is 0. The van der Waals surface area contributed by atoms with Gasteiger partial charge in [0.05, 0.1) is 13.7 Å². The Labute approximate surface area is 72.9 Å². The van der Waals surface area contributed by atoms with Crippen LogP contribution in [0.2, 0.25) is 0 Å². The molecule has 12 heavy (non-hydrogen) atoms. The zero-order valence-corrected chi connectivity index (χ0v) is 7.83. The Kier molecular flexibility index (Phi) is 5.66. The highest BCUT2D eigenvalue weighted by molar-refractivity contribution is 5.75. The minimum atomic E-state index is -0.308. The second-order valence-electron chi connectivity index (χ2n) is 2.73. The normalized spacial score (nSPS) is 15.3. The van der Waals surface area contributed by atoms with Gasteiger partial charge >= 0.3 is 5.97 Å². The van der Waals surface area contributed by atoms with Crippen molar-refractivity contribution in [3.8, 4) is 0 Å². The Morgan fingerprint density at radius 1 is 1.67 bits per heavy atom. The van der Waals surface area contributed by atoms with Crippen molar-refractivity contribution in [1.29, 1.82) is 0 Å². The van der Waals surface area contributed by atoms with Crippen molar-refractivity contribution < 1.29 is 14.6 Å². The van der Waals surface area contributed by atoms with Gasteiger partial charge in [0.2, 0.25) is 0 Å². The maximum Gasteiger partial charge on any atom is 0.322 e. The molecule has 2 N–H and O–H groups in total. The van der Waals surface area contributed by atoms with Gasteiger partial charge in [-0.1, -0.05) is 6.92 Å². The van der Waals surface area contributed by atoms with Crippen molar-refractivity contribution in [2.75, 3.05) is 13.7 Å². The SMILES string of the molecule is CCC(NC(C)CO)C(=O)OC. The van der Waals surface area contributed by atoms with Crippen LogP contribution in [0.25, 0.3) is 0 Å². The highest BCUT2D eigenvalue weighted by Crippen LogP contribution is 1.95. The number of hydrogen-bond acceptors (Lipinski definition) is 4. The van der Waals surface area contributed by atoms with Gasteiger partial charge in [-0.05, 0) is 13.3 Å². The lowest BCUT2D eigenvalue weighted by Gasteiger charge is -2.18. The topological polar surface area (TPSA) is 58.6 Å². The van der Waals surface area contributed by atoms with Gasteiger partial charge in [-0.2, -0.15) is 0 Å². The highest BCUT2D eigenvalue weighted by atomic mass is 16.5. The maximum atomic E-state index is 11.0. The number of esters is 1. The van der Waals surface area contributed by atoms with Crippen LogP contribution < -0.4 is 5.32 Å². The van der Waals surface area contributed by atoms with Gasteiger partial charge in [-0.25, -0.2) is 0 Å².